The SMILES string of the molecule is FC(F)(F)c1cccnc1NCc1ncn[nH]1. The lowest BCUT2D eigenvalue weighted by atomic mass is 10.2. The highest BCUT2D eigenvalue weighted by Crippen LogP contribution is 2.33. The molecular formula is C9H8F3N5. The Labute approximate surface area is 94.1 Å². The summed E-state index contributed by atoms with van der Waals surface area (Å²) in [6.07, 6.45) is -1.87. The molecule has 2 aromatic rings. The molecule has 5 nitrogen and oxygen atoms in total. The van der Waals surface area contributed by atoms with Crippen LogP contribution in [0.3, 0.4) is 0 Å². The van der Waals surface area contributed by atoms with Crippen molar-refractivity contribution in [2.45, 2.75) is 12.7 Å². The van der Waals surface area contributed by atoms with E-state index < -0.39 is 11.7 Å². The Hall–Kier alpha value is -2.12. The molecule has 0 aliphatic heterocycles. The molecule has 2 N–H and O–H groups in total. The third-order valence-electron chi connectivity index (χ3n) is 2.00. The second-order valence-corrected chi connectivity index (χ2v) is 3.18. The molecule has 2 rings (SSSR count). The number of nitrogens with one attached hydrogen (secondary N) is 2. The molecule has 0 bridgehead atoms. The summed E-state index contributed by atoms with van der Waals surface area (Å²) in [6.45, 7) is 0.0973. The molecule has 0 amide bonds. The van der Waals surface area contributed by atoms with Crippen molar-refractivity contribution >= 4 is 5.82 Å². The van der Waals surface area contributed by atoms with Gasteiger partial charge in [-0.05, 0) is 12.1 Å². The van der Waals surface area contributed by atoms with Crippen LogP contribution >= 0.6 is 0 Å². The summed E-state index contributed by atoms with van der Waals surface area (Å²) in [4.78, 5) is 7.44. The van der Waals surface area contributed by atoms with E-state index in [1.165, 1.54) is 18.6 Å². The Kier molecular flexibility index (Phi) is 2.94. The van der Waals surface area contributed by atoms with Crippen LogP contribution < -0.4 is 5.32 Å². The fourth-order valence-electron chi connectivity index (χ4n) is 1.26. The fraction of sp³-hybridized carbons (Fsp3) is 0.222. The highest BCUT2D eigenvalue weighted by molar-refractivity contribution is 5.45. The maximum atomic E-state index is 12.6. The van der Waals surface area contributed by atoms with Crippen LogP contribution in [0.2, 0.25) is 0 Å². The molecule has 2 heterocycles. The molecule has 0 aliphatic rings. The van der Waals surface area contributed by atoms with Crippen molar-refractivity contribution in [3.8, 4) is 0 Å². The van der Waals surface area contributed by atoms with Crippen molar-refractivity contribution in [3.05, 3.63) is 36.0 Å². The van der Waals surface area contributed by atoms with Crippen LogP contribution in [0.4, 0.5) is 19.0 Å². The van der Waals surface area contributed by atoms with Crippen molar-refractivity contribution in [1.82, 2.24) is 20.2 Å². The molecular weight excluding hydrogens is 235 g/mol. The monoisotopic (exact) mass is 243 g/mol. The number of rotatable bonds is 3. The molecule has 90 valence electrons. The summed E-state index contributed by atoms with van der Waals surface area (Å²) in [5, 5.41) is 8.68. The van der Waals surface area contributed by atoms with Gasteiger partial charge < -0.3 is 5.32 Å². The molecule has 0 fully saturated rings. The van der Waals surface area contributed by atoms with Gasteiger partial charge in [-0.2, -0.15) is 18.3 Å². The van der Waals surface area contributed by atoms with E-state index in [-0.39, 0.29) is 12.4 Å². The lowest BCUT2D eigenvalue weighted by Gasteiger charge is -2.12. The molecule has 0 aromatic carbocycles. The number of halogens is 3. The first-order chi connectivity index (χ1) is 8.07. The van der Waals surface area contributed by atoms with Crippen LogP contribution in [0, 0.1) is 0 Å². The first kappa shape index (κ1) is 11.4. The van der Waals surface area contributed by atoms with Crippen molar-refractivity contribution in [2.24, 2.45) is 0 Å². The van der Waals surface area contributed by atoms with Crippen LogP contribution in [-0.2, 0) is 12.7 Å². The average Bonchev–Trinajstić information content (AvgIpc) is 2.78. The standard InChI is InChI=1S/C9H8F3N5/c10-9(11,12)6-2-1-3-13-8(6)14-4-7-15-5-16-17-7/h1-3,5H,4H2,(H,13,14)(H,15,16,17). The van der Waals surface area contributed by atoms with E-state index >= 15 is 0 Å². The lowest BCUT2D eigenvalue weighted by Crippen LogP contribution is -2.12. The maximum absolute atomic E-state index is 12.6. The lowest BCUT2D eigenvalue weighted by molar-refractivity contribution is -0.137. The van der Waals surface area contributed by atoms with Gasteiger partial charge in [-0.1, -0.05) is 0 Å². The number of hydrogen-bond acceptors (Lipinski definition) is 4. The number of pyridine rings is 1. The van der Waals surface area contributed by atoms with Gasteiger partial charge in [0.25, 0.3) is 0 Å². The molecule has 17 heavy (non-hydrogen) atoms. The Bertz CT molecular complexity index is 480. The molecule has 0 saturated carbocycles. The molecule has 0 atom stereocenters. The average molecular weight is 243 g/mol. The van der Waals surface area contributed by atoms with Crippen molar-refractivity contribution < 1.29 is 13.2 Å². The van der Waals surface area contributed by atoms with Gasteiger partial charge in [-0.3, -0.25) is 5.10 Å². The van der Waals surface area contributed by atoms with Crippen LogP contribution in [0.1, 0.15) is 11.4 Å². The molecule has 2 aromatic heterocycles. The zero-order valence-electron chi connectivity index (χ0n) is 8.49. The highest BCUT2D eigenvalue weighted by atomic mass is 19.4. The predicted molar refractivity (Wildman–Crippen MR) is 52.9 cm³/mol. The zero-order valence-corrected chi connectivity index (χ0v) is 8.49. The van der Waals surface area contributed by atoms with E-state index in [0.29, 0.717) is 5.82 Å². The highest BCUT2D eigenvalue weighted by Gasteiger charge is 2.33. The van der Waals surface area contributed by atoms with Gasteiger partial charge in [0.05, 0.1) is 12.1 Å². The van der Waals surface area contributed by atoms with E-state index in [4.69, 9.17) is 0 Å². The quantitative estimate of drug-likeness (QED) is 0.863. The Morgan fingerprint density at radius 2 is 2.12 bits per heavy atom. The van der Waals surface area contributed by atoms with E-state index in [9.17, 15) is 13.2 Å². The number of H-pyrrole nitrogens is 1. The maximum Gasteiger partial charge on any atom is 0.419 e. The largest absolute Gasteiger partial charge is 0.419 e. The van der Waals surface area contributed by atoms with E-state index in [0.717, 1.165) is 6.07 Å². The normalized spacial score (nSPS) is 11.5. The molecule has 0 saturated heterocycles. The first-order valence-corrected chi connectivity index (χ1v) is 4.67. The van der Waals surface area contributed by atoms with Crippen molar-refractivity contribution in [2.75, 3.05) is 5.32 Å². The van der Waals surface area contributed by atoms with Gasteiger partial charge in [0.15, 0.2) is 0 Å². The molecule has 8 heteroatoms. The predicted octanol–water partition coefficient (Wildman–Crippen LogP) is 1.83. The fourth-order valence-corrected chi connectivity index (χ4v) is 1.26. The molecule has 0 unspecified atom stereocenters. The van der Waals surface area contributed by atoms with Crippen LogP contribution in [0.15, 0.2) is 24.7 Å². The van der Waals surface area contributed by atoms with Crippen LogP contribution in [0.5, 0.6) is 0 Å². The van der Waals surface area contributed by atoms with Gasteiger partial charge in [0.1, 0.15) is 18.0 Å². The van der Waals surface area contributed by atoms with E-state index in [1.807, 2.05) is 0 Å². The summed E-state index contributed by atoms with van der Waals surface area (Å²) < 4.78 is 37.8. The minimum atomic E-state index is -4.43. The summed E-state index contributed by atoms with van der Waals surface area (Å²) >= 11 is 0. The number of aromatic nitrogens is 4. The Morgan fingerprint density at radius 1 is 1.29 bits per heavy atom. The zero-order chi connectivity index (χ0) is 12.3. The number of alkyl halides is 3. The number of hydrogen-bond donors (Lipinski definition) is 2. The third kappa shape index (κ3) is 2.71. The minimum Gasteiger partial charge on any atom is -0.362 e. The summed E-state index contributed by atoms with van der Waals surface area (Å²) in [5.74, 6) is 0.208. The molecule has 0 aliphatic carbocycles. The van der Waals surface area contributed by atoms with E-state index in [2.05, 4.69) is 25.5 Å². The third-order valence-corrected chi connectivity index (χ3v) is 2.00. The molecule has 0 radical (unpaired) electrons. The number of anilines is 1. The Balaban J connectivity index is 2.16. The van der Waals surface area contributed by atoms with Gasteiger partial charge in [0, 0.05) is 6.20 Å². The van der Waals surface area contributed by atoms with E-state index in [1.54, 1.807) is 0 Å². The van der Waals surface area contributed by atoms with Crippen molar-refractivity contribution in [3.63, 3.8) is 0 Å². The second kappa shape index (κ2) is 4.40. The van der Waals surface area contributed by atoms with Gasteiger partial charge in [-0.15, -0.1) is 0 Å². The van der Waals surface area contributed by atoms with Crippen LogP contribution in [-0.4, -0.2) is 20.2 Å². The topological polar surface area (TPSA) is 66.5 Å². The summed E-state index contributed by atoms with van der Waals surface area (Å²) in [7, 11) is 0. The van der Waals surface area contributed by atoms with Gasteiger partial charge >= 0.3 is 6.18 Å². The smallest absolute Gasteiger partial charge is 0.362 e. The number of nitrogens with zero attached hydrogens (tertiary/aromatic N) is 3. The van der Waals surface area contributed by atoms with Gasteiger partial charge in [-0.25, -0.2) is 9.97 Å². The summed E-state index contributed by atoms with van der Waals surface area (Å²) in [5.41, 5.74) is -0.806. The Morgan fingerprint density at radius 3 is 2.76 bits per heavy atom. The minimum absolute atomic E-state index is 0.0973. The number of aromatic amines is 1. The molecule has 0 spiro atoms. The van der Waals surface area contributed by atoms with Crippen LogP contribution in [0.25, 0.3) is 0 Å². The first-order valence-electron chi connectivity index (χ1n) is 4.67. The second-order valence-electron chi connectivity index (χ2n) is 3.18. The summed E-state index contributed by atoms with van der Waals surface area (Å²) in [6, 6.07) is 2.21. The van der Waals surface area contributed by atoms with Gasteiger partial charge in [0.2, 0.25) is 0 Å². The van der Waals surface area contributed by atoms with Crippen molar-refractivity contribution in [1.29, 1.82) is 0 Å².